The summed E-state index contributed by atoms with van der Waals surface area (Å²) in [6.07, 6.45) is 3.87. The van der Waals surface area contributed by atoms with E-state index in [9.17, 15) is 9.59 Å². The fraction of sp³-hybridized carbons (Fsp3) is 0.375. The van der Waals surface area contributed by atoms with Crippen LogP contribution >= 0.6 is 0 Å². The van der Waals surface area contributed by atoms with Crippen molar-refractivity contribution in [3.05, 3.63) is 95.1 Å². The van der Waals surface area contributed by atoms with E-state index >= 15 is 0 Å². The number of benzene rings is 3. The molecule has 0 aromatic heterocycles. The second-order valence-corrected chi connectivity index (χ2v) is 11.2. The van der Waals surface area contributed by atoms with Crippen LogP contribution in [-0.2, 0) is 4.74 Å². The van der Waals surface area contributed by atoms with Crippen LogP contribution in [0.5, 0.6) is 0 Å². The minimum atomic E-state index is -0.181. The highest BCUT2D eigenvalue weighted by atomic mass is 16.5. The predicted octanol–water partition coefficient (Wildman–Crippen LogP) is 5.71. The Morgan fingerprint density at radius 2 is 1.66 bits per heavy atom. The van der Waals surface area contributed by atoms with Crippen molar-refractivity contribution >= 4 is 23.2 Å². The van der Waals surface area contributed by atoms with Gasteiger partial charge in [0.15, 0.2) is 0 Å². The summed E-state index contributed by atoms with van der Waals surface area (Å²) in [5.41, 5.74) is 5.47. The third-order valence-corrected chi connectivity index (χ3v) is 9.21. The molecule has 3 aromatic rings. The fourth-order valence-electron chi connectivity index (χ4n) is 7.53. The minimum Gasteiger partial charge on any atom is -0.378 e. The van der Waals surface area contributed by atoms with Crippen molar-refractivity contribution in [1.29, 1.82) is 0 Å². The minimum absolute atomic E-state index is 0.0735. The number of para-hydroxylation sites is 1. The Morgan fingerprint density at radius 3 is 2.50 bits per heavy atom. The predicted molar refractivity (Wildman–Crippen MR) is 147 cm³/mol. The summed E-state index contributed by atoms with van der Waals surface area (Å²) in [6, 6.07) is 24.5. The van der Waals surface area contributed by atoms with Crippen molar-refractivity contribution in [2.45, 2.75) is 31.2 Å². The van der Waals surface area contributed by atoms with Crippen molar-refractivity contribution in [1.82, 2.24) is 4.90 Å². The molecule has 3 aromatic carbocycles. The number of rotatable bonds is 4. The summed E-state index contributed by atoms with van der Waals surface area (Å²) in [5, 5.41) is 6.90. The van der Waals surface area contributed by atoms with E-state index in [2.05, 4.69) is 53.1 Å². The summed E-state index contributed by atoms with van der Waals surface area (Å²) in [6.45, 7) is 2.21. The normalized spacial score (nSPS) is 27.3. The third-order valence-electron chi connectivity index (χ3n) is 9.21. The number of morpholine rings is 1. The molecule has 2 saturated carbocycles. The highest BCUT2D eigenvalue weighted by Gasteiger charge is 2.53. The molecule has 0 unspecified atom stereocenters. The van der Waals surface area contributed by atoms with Crippen LogP contribution in [0.15, 0.2) is 72.8 Å². The van der Waals surface area contributed by atoms with E-state index in [0.717, 1.165) is 11.6 Å². The number of ether oxygens (including phenoxy) is 1. The first kappa shape index (κ1) is 23.5. The lowest BCUT2D eigenvalue weighted by atomic mass is 9.68. The third kappa shape index (κ3) is 3.99. The number of carbonyl (C=O) groups is 2. The molecule has 0 spiro atoms. The lowest BCUT2D eigenvalue weighted by Gasteiger charge is -2.43. The smallest absolute Gasteiger partial charge is 0.256 e. The quantitative estimate of drug-likeness (QED) is 0.475. The van der Waals surface area contributed by atoms with Gasteiger partial charge < -0.3 is 20.3 Å². The van der Waals surface area contributed by atoms with Crippen molar-refractivity contribution in [3.8, 4) is 0 Å². The van der Waals surface area contributed by atoms with Crippen molar-refractivity contribution < 1.29 is 14.3 Å². The average molecular weight is 508 g/mol. The first-order chi connectivity index (χ1) is 18.7. The molecule has 4 aliphatic rings. The number of hydrogen-bond donors (Lipinski definition) is 2. The molecule has 2 aliphatic carbocycles. The van der Waals surface area contributed by atoms with Gasteiger partial charge >= 0.3 is 0 Å². The van der Waals surface area contributed by atoms with Crippen molar-refractivity contribution in [2.24, 2.45) is 17.8 Å². The molecular weight excluding hydrogens is 474 g/mol. The Balaban J connectivity index is 1.17. The molecule has 38 heavy (non-hydrogen) atoms. The highest BCUT2D eigenvalue weighted by molar-refractivity contribution is 6.09. The van der Waals surface area contributed by atoms with Gasteiger partial charge in [-0.25, -0.2) is 0 Å². The van der Waals surface area contributed by atoms with E-state index in [0.29, 0.717) is 66.9 Å². The van der Waals surface area contributed by atoms with Gasteiger partial charge in [-0.3, -0.25) is 9.59 Å². The van der Waals surface area contributed by atoms with Gasteiger partial charge in [0, 0.05) is 24.3 Å². The van der Waals surface area contributed by atoms with E-state index in [1.54, 1.807) is 11.0 Å². The number of anilines is 2. The Kier molecular flexibility index (Phi) is 5.92. The van der Waals surface area contributed by atoms with Crippen LogP contribution in [0.25, 0.3) is 0 Å². The molecule has 2 amide bonds. The number of hydrogen-bond acceptors (Lipinski definition) is 4. The molecule has 3 fully saturated rings. The Labute approximate surface area is 223 Å². The van der Waals surface area contributed by atoms with E-state index < -0.39 is 0 Å². The lowest BCUT2D eigenvalue weighted by Crippen LogP contribution is -2.41. The Morgan fingerprint density at radius 1 is 0.895 bits per heavy atom. The van der Waals surface area contributed by atoms with Crippen LogP contribution in [0.1, 0.15) is 63.1 Å². The van der Waals surface area contributed by atoms with Crippen LogP contribution in [-0.4, -0.2) is 43.0 Å². The SMILES string of the molecule is O=C(Nc1ccccc1C(=O)N1CCOCC1)c1ccc2c(c1)[C@@H]1[C@H]3CC[C@@H](C3)[C@@H]1[C@@H](c1ccccc1)N2. The molecule has 2 aliphatic heterocycles. The van der Waals surface area contributed by atoms with Crippen LogP contribution in [0, 0.1) is 17.8 Å². The van der Waals surface area contributed by atoms with Crippen LogP contribution in [0.2, 0.25) is 0 Å². The zero-order chi connectivity index (χ0) is 25.6. The van der Waals surface area contributed by atoms with Gasteiger partial charge in [0.25, 0.3) is 11.8 Å². The summed E-state index contributed by atoms with van der Waals surface area (Å²) in [7, 11) is 0. The molecule has 2 heterocycles. The molecule has 2 bridgehead atoms. The number of nitrogens with zero attached hydrogens (tertiary/aromatic N) is 1. The van der Waals surface area contributed by atoms with Gasteiger partial charge in [0.05, 0.1) is 30.5 Å². The molecule has 194 valence electrons. The molecule has 1 saturated heterocycles. The first-order valence-corrected chi connectivity index (χ1v) is 13.9. The lowest BCUT2D eigenvalue weighted by molar-refractivity contribution is 0.0303. The number of amides is 2. The maximum atomic E-state index is 13.5. The number of nitrogens with one attached hydrogen (secondary N) is 2. The van der Waals surface area contributed by atoms with Gasteiger partial charge in [-0.15, -0.1) is 0 Å². The molecule has 5 atom stereocenters. The van der Waals surface area contributed by atoms with E-state index in [-0.39, 0.29) is 11.8 Å². The van der Waals surface area contributed by atoms with Crippen LogP contribution < -0.4 is 10.6 Å². The maximum Gasteiger partial charge on any atom is 0.256 e. The van der Waals surface area contributed by atoms with Gasteiger partial charge in [-0.1, -0.05) is 42.5 Å². The van der Waals surface area contributed by atoms with Gasteiger partial charge in [-0.2, -0.15) is 0 Å². The molecule has 6 nitrogen and oxygen atoms in total. The number of carbonyl (C=O) groups excluding carboxylic acids is 2. The number of fused-ring (bicyclic) bond motifs is 7. The molecule has 2 N–H and O–H groups in total. The molecule has 7 rings (SSSR count). The summed E-state index contributed by atoms with van der Waals surface area (Å²) < 4.78 is 5.39. The zero-order valence-electron chi connectivity index (χ0n) is 21.4. The van der Waals surface area contributed by atoms with Crippen LogP contribution in [0.4, 0.5) is 11.4 Å². The fourth-order valence-corrected chi connectivity index (χ4v) is 7.53. The van der Waals surface area contributed by atoms with E-state index in [1.807, 2.05) is 24.3 Å². The zero-order valence-corrected chi connectivity index (χ0v) is 21.4. The molecule has 6 heteroatoms. The second kappa shape index (κ2) is 9.59. The topological polar surface area (TPSA) is 70.7 Å². The maximum absolute atomic E-state index is 13.5. The highest BCUT2D eigenvalue weighted by Crippen LogP contribution is 2.63. The summed E-state index contributed by atoms with van der Waals surface area (Å²) in [4.78, 5) is 28.5. The first-order valence-electron chi connectivity index (χ1n) is 13.9. The largest absolute Gasteiger partial charge is 0.378 e. The molecular formula is C32H33N3O3. The summed E-state index contributed by atoms with van der Waals surface area (Å²) in [5.74, 6) is 2.18. The van der Waals surface area contributed by atoms with Crippen molar-refractivity contribution in [2.75, 3.05) is 36.9 Å². The van der Waals surface area contributed by atoms with Gasteiger partial charge in [0.2, 0.25) is 0 Å². The monoisotopic (exact) mass is 507 g/mol. The van der Waals surface area contributed by atoms with Crippen LogP contribution in [0.3, 0.4) is 0 Å². The summed E-state index contributed by atoms with van der Waals surface area (Å²) >= 11 is 0. The Hall–Kier alpha value is -3.64. The van der Waals surface area contributed by atoms with E-state index in [1.165, 1.54) is 30.4 Å². The molecule has 0 radical (unpaired) electrons. The van der Waals surface area contributed by atoms with Gasteiger partial charge in [0.1, 0.15) is 0 Å². The second-order valence-electron chi connectivity index (χ2n) is 11.2. The average Bonchev–Trinajstić information content (AvgIpc) is 3.60. The van der Waals surface area contributed by atoms with Gasteiger partial charge in [-0.05, 0) is 84.4 Å². The standard InChI is InChI=1S/C32H33N3O3/c36-31(34-26-9-5-4-8-24(26)32(37)35-14-16-38-17-15-35)23-12-13-27-25(19-23)28-21-10-11-22(18-21)29(28)30(33-27)20-6-2-1-3-7-20/h1-9,12-13,19,21-22,28-30,33H,10-11,14-18H2,(H,34,36)/t21-,22-,28-,29-,30+/m0/s1. The van der Waals surface area contributed by atoms with Crippen molar-refractivity contribution in [3.63, 3.8) is 0 Å². The Bertz CT molecular complexity index is 1370. The van der Waals surface area contributed by atoms with E-state index in [4.69, 9.17) is 4.74 Å².